The first-order chi connectivity index (χ1) is 3.60. The lowest BCUT2D eigenvalue weighted by molar-refractivity contribution is 0.0924. The fraction of sp³-hybridized carbons (Fsp3) is 0.667. The first-order valence-electron chi connectivity index (χ1n) is 2.74. The van der Waals surface area contributed by atoms with Gasteiger partial charge in [-0.3, -0.25) is 0 Å². The van der Waals surface area contributed by atoms with E-state index < -0.39 is 0 Å². The second-order valence-corrected chi connectivity index (χ2v) is 2.68. The molecule has 1 heterocycles. The molecule has 0 aromatic rings. The molecule has 0 amide bonds. The molecule has 1 aliphatic heterocycles. The van der Waals surface area contributed by atoms with E-state index in [9.17, 15) is 0 Å². The van der Waals surface area contributed by atoms with Crippen LogP contribution in [0.15, 0.2) is 11.8 Å². The van der Waals surface area contributed by atoms with Crippen molar-refractivity contribution in [2.75, 3.05) is 0 Å². The second-order valence-electron chi connectivity index (χ2n) is 2.68. The van der Waals surface area contributed by atoms with E-state index in [1.54, 1.807) is 0 Å². The standard InChI is InChI=1S/C6H11NO/c1-5-4-6(2,3)7-8-5/h4,7H,1-3H3. The maximum absolute atomic E-state index is 4.98. The Morgan fingerprint density at radius 1 is 1.62 bits per heavy atom. The van der Waals surface area contributed by atoms with Crippen LogP contribution < -0.4 is 5.48 Å². The van der Waals surface area contributed by atoms with Gasteiger partial charge in [0.25, 0.3) is 0 Å². The summed E-state index contributed by atoms with van der Waals surface area (Å²) in [6.07, 6.45) is 2.05. The van der Waals surface area contributed by atoms with Gasteiger partial charge in [0.2, 0.25) is 0 Å². The van der Waals surface area contributed by atoms with E-state index in [0.29, 0.717) is 0 Å². The van der Waals surface area contributed by atoms with Gasteiger partial charge in [0.05, 0.1) is 5.54 Å². The highest BCUT2D eigenvalue weighted by molar-refractivity contribution is 5.07. The zero-order valence-corrected chi connectivity index (χ0v) is 5.49. The van der Waals surface area contributed by atoms with Crippen LogP contribution in [0.4, 0.5) is 0 Å². The van der Waals surface area contributed by atoms with Gasteiger partial charge in [-0.05, 0) is 26.8 Å². The number of hydrogen-bond donors (Lipinski definition) is 1. The summed E-state index contributed by atoms with van der Waals surface area (Å²) in [5.74, 6) is 0.954. The molecule has 46 valence electrons. The minimum absolute atomic E-state index is 0.0318. The monoisotopic (exact) mass is 113 g/mol. The predicted molar refractivity (Wildman–Crippen MR) is 32.1 cm³/mol. The molecule has 1 N–H and O–H groups in total. The molecule has 0 spiro atoms. The van der Waals surface area contributed by atoms with E-state index in [4.69, 9.17) is 4.84 Å². The van der Waals surface area contributed by atoms with Crippen LogP contribution in [0, 0.1) is 0 Å². The molecule has 0 aromatic carbocycles. The van der Waals surface area contributed by atoms with Gasteiger partial charge in [-0.2, -0.15) is 0 Å². The number of hydroxylamine groups is 1. The molecule has 0 bridgehead atoms. The molecule has 0 atom stereocenters. The Morgan fingerprint density at radius 3 is 2.38 bits per heavy atom. The zero-order chi connectivity index (χ0) is 6.20. The zero-order valence-electron chi connectivity index (χ0n) is 5.49. The summed E-state index contributed by atoms with van der Waals surface area (Å²) in [7, 11) is 0. The largest absolute Gasteiger partial charge is 0.413 e. The lowest BCUT2D eigenvalue weighted by Gasteiger charge is -2.11. The summed E-state index contributed by atoms with van der Waals surface area (Å²) in [6, 6.07) is 0. The third kappa shape index (κ3) is 1.01. The normalized spacial score (nSPS) is 24.6. The fourth-order valence-electron chi connectivity index (χ4n) is 0.779. The van der Waals surface area contributed by atoms with Gasteiger partial charge in [-0.25, -0.2) is 0 Å². The Labute approximate surface area is 49.5 Å². The van der Waals surface area contributed by atoms with Crippen molar-refractivity contribution in [3.63, 3.8) is 0 Å². The van der Waals surface area contributed by atoms with Crippen LogP contribution in [-0.2, 0) is 4.84 Å². The Morgan fingerprint density at radius 2 is 2.25 bits per heavy atom. The molecule has 2 heteroatoms. The lowest BCUT2D eigenvalue weighted by Crippen LogP contribution is -2.30. The molecule has 0 fully saturated rings. The van der Waals surface area contributed by atoms with E-state index >= 15 is 0 Å². The van der Waals surface area contributed by atoms with Crippen LogP contribution in [0.5, 0.6) is 0 Å². The van der Waals surface area contributed by atoms with Crippen LogP contribution in [0.1, 0.15) is 20.8 Å². The first kappa shape index (κ1) is 5.63. The van der Waals surface area contributed by atoms with Crippen molar-refractivity contribution in [3.05, 3.63) is 11.8 Å². The van der Waals surface area contributed by atoms with Gasteiger partial charge in [0, 0.05) is 0 Å². The average Bonchev–Trinajstić information content (AvgIpc) is 1.82. The maximum atomic E-state index is 4.98. The Balaban J connectivity index is 2.67. The van der Waals surface area contributed by atoms with Crippen molar-refractivity contribution in [1.29, 1.82) is 0 Å². The van der Waals surface area contributed by atoms with Crippen molar-refractivity contribution >= 4 is 0 Å². The summed E-state index contributed by atoms with van der Waals surface area (Å²) < 4.78 is 0. The van der Waals surface area contributed by atoms with Crippen LogP contribution in [0.3, 0.4) is 0 Å². The molecule has 2 nitrogen and oxygen atoms in total. The van der Waals surface area contributed by atoms with Gasteiger partial charge in [-0.1, -0.05) is 0 Å². The van der Waals surface area contributed by atoms with Crippen molar-refractivity contribution in [3.8, 4) is 0 Å². The van der Waals surface area contributed by atoms with Gasteiger partial charge in [0.15, 0.2) is 0 Å². The smallest absolute Gasteiger partial charge is 0.119 e. The molecule has 0 radical (unpaired) electrons. The summed E-state index contributed by atoms with van der Waals surface area (Å²) >= 11 is 0. The Bertz CT molecular complexity index is 126. The summed E-state index contributed by atoms with van der Waals surface area (Å²) in [4.78, 5) is 4.98. The van der Waals surface area contributed by atoms with Crippen LogP contribution in [0.25, 0.3) is 0 Å². The van der Waals surface area contributed by atoms with Crippen molar-refractivity contribution in [2.24, 2.45) is 0 Å². The van der Waals surface area contributed by atoms with Gasteiger partial charge < -0.3 is 4.84 Å². The summed E-state index contributed by atoms with van der Waals surface area (Å²) in [5.41, 5.74) is 2.88. The molecule has 8 heavy (non-hydrogen) atoms. The molecule has 0 saturated heterocycles. The minimum atomic E-state index is 0.0318. The minimum Gasteiger partial charge on any atom is -0.413 e. The topological polar surface area (TPSA) is 21.3 Å². The molecular weight excluding hydrogens is 102 g/mol. The molecule has 1 aliphatic rings. The highest BCUT2D eigenvalue weighted by Crippen LogP contribution is 2.15. The summed E-state index contributed by atoms with van der Waals surface area (Å²) in [6.45, 7) is 6.05. The number of rotatable bonds is 0. The summed E-state index contributed by atoms with van der Waals surface area (Å²) in [5, 5.41) is 0. The molecule has 0 unspecified atom stereocenters. The molecular formula is C6H11NO. The molecule has 0 aromatic heterocycles. The van der Waals surface area contributed by atoms with Crippen molar-refractivity contribution < 1.29 is 4.84 Å². The lowest BCUT2D eigenvalue weighted by atomic mass is 10.1. The predicted octanol–water partition coefficient (Wildman–Crippen LogP) is 1.20. The number of hydrogen-bond acceptors (Lipinski definition) is 2. The first-order valence-corrected chi connectivity index (χ1v) is 2.74. The van der Waals surface area contributed by atoms with Crippen molar-refractivity contribution in [2.45, 2.75) is 26.3 Å². The molecule has 1 rings (SSSR count). The SMILES string of the molecule is CC1=CC(C)(C)NO1. The highest BCUT2D eigenvalue weighted by atomic mass is 16.7. The fourth-order valence-corrected chi connectivity index (χ4v) is 0.779. The van der Waals surface area contributed by atoms with Crippen LogP contribution >= 0.6 is 0 Å². The van der Waals surface area contributed by atoms with Crippen LogP contribution in [-0.4, -0.2) is 5.54 Å². The number of allylic oxidation sites excluding steroid dienone is 1. The average molecular weight is 113 g/mol. The Hall–Kier alpha value is -0.500. The number of nitrogens with one attached hydrogen (secondary N) is 1. The van der Waals surface area contributed by atoms with Crippen LogP contribution in [0.2, 0.25) is 0 Å². The quantitative estimate of drug-likeness (QED) is 0.509. The molecule has 0 saturated carbocycles. The van der Waals surface area contributed by atoms with E-state index in [-0.39, 0.29) is 5.54 Å². The third-order valence-electron chi connectivity index (χ3n) is 1.04. The van der Waals surface area contributed by atoms with E-state index in [2.05, 4.69) is 19.3 Å². The van der Waals surface area contributed by atoms with E-state index in [1.807, 2.05) is 13.0 Å². The second kappa shape index (κ2) is 1.49. The van der Waals surface area contributed by atoms with Gasteiger partial charge in [-0.15, -0.1) is 5.48 Å². The van der Waals surface area contributed by atoms with E-state index in [1.165, 1.54) is 0 Å². The van der Waals surface area contributed by atoms with Crippen molar-refractivity contribution in [1.82, 2.24) is 5.48 Å². The Kier molecular flexibility index (Phi) is 1.05. The third-order valence-corrected chi connectivity index (χ3v) is 1.04. The van der Waals surface area contributed by atoms with Gasteiger partial charge in [0.1, 0.15) is 5.76 Å². The molecule has 0 aliphatic carbocycles. The highest BCUT2D eigenvalue weighted by Gasteiger charge is 2.20. The van der Waals surface area contributed by atoms with E-state index in [0.717, 1.165) is 5.76 Å². The van der Waals surface area contributed by atoms with Gasteiger partial charge >= 0.3 is 0 Å². The maximum Gasteiger partial charge on any atom is 0.119 e.